The maximum Gasteiger partial charge on any atom is 0.178 e. The fourth-order valence-corrected chi connectivity index (χ4v) is 5.46. The average Bonchev–Trinajstić information content (AvgIpc) is 3.19. The molecule has 0 saturated heterocycles. The summed E-state index contributed by atoms with van der Waals surface area (Å²) in [5.41, 5.74) is 2.80. The van der Waals surface area contributed by atoms with E-state index in [1.54, 1.807) is 0 Å². The van der Waals surface area contributed by atoms with Crippen LogP contribution in [0, 0.1) is 0 Å². The number of fused-ring (bicyclic) bond motifs is 5. The first-order valence-corrected chi connectivity index (χ1v) is 10.6. The third-order valence-electron chi connectivity index (χ3n) is 5.70. The molecule has 0 amide bonds. The normalized spacial score (nSPS) is 14.6. The SMILES string of the molecule is C1=CC(c2ccccc2)(c2ccccc2)Oc2ccc3sc4ccccc4c3c21. The Morgan fingerprint density at radius 2 is 1.28 bits per heavy atom. The van der Waals surface area contributed by atoms with Crippen molar-refractivity contribution in [3.63, 3.8) is 0 Å². The van der Waals surface area contributed by atoms with E-state index in [1.807, 2.05) is 23.5 Å². The molecule has 0 saturated carbocycles. The maximum atomic E-state index is 6.84. The van der Waals surface area contributed by atoms with E-state index in [0.717, 1.165) is 16.9 Å². The van der Waals surface area contributed by atoms with Crippen molar-refractivity contribution in [3.05, 3.63) is 120 Å². The maximum absolute atomic E-state index is 6.84. The van der Waals surface area contributed by atoms with Crippen LogP contribution >= 0.6 is 11.3 Å². The van der Waals surface area contributed by atoms with Gasteiger partial charge in [-0.25, -0.2) is 0 Å². The summed E-state index contributed by atoms with van der Waals surface area (Å²) in [4.78, 5) is 0. The van der Waals surface area contributed by atoms with Crippen LogP contribution in [-0.4, -0.2) is 0 Å². The highest BCUT2D eigenvalue weighted by Crippen LogP contribution is 2.47. The molecule has 1 aromatic heterocycles. The summed E-state index contributed by atoms with van der Waals surface area (Å²) in [6.45, 7) is 0. The fraction of sp³-hybridized carbons (Fsp3) is 0.0370. The molecule has 0 fully saturated rings. The van der Waals surface area contributed by atoms with Gasteiger partial charge in [0.05, 0.1) is 0 Å². The zero-order valence-electron chi connectivity index (χ0n) is 15.7. The molecule has 0 atom stereocenters. The highest BCUT2D eigenvalue weighted by Gasteiger charge is 2.37. The number of rotatable bonds is 2. The molecule has 1 aliphatic rings. The average molecular weight is 391 g/mol. The third kappa shape index (κ3) is 2.46. The molecule has 6 rings (SSSR count). The lowest BCUT2D eigenvalue weighted by molar-refractivity contribution is 0.161. The van der Waals surface area contributed by atoms with E-state index in [4.69, 9.17) is 4.74 Å². The van der Waals surface area contributed by atoms with Gasteiger partial charge in [-0.05, 0) is 30.4 Å². The van der Waals surface area contributed by atoms with Gasteiger partial charge in [-0.2, -0.15) is 0 Å². The minimum atomic E-state index is -0.630. The second kappa shape index (κ2) is 6.33. The monoisotopic (exact) mass is 390 g/mol. The van der Waals surface area contributed by atoms with Crippen molar-refractivity contribution in [3.8, 4) is 5.75 Å². The van der Waals surface area contributed by atoms with Crippen molar-refractivity contribution in [2.24, 2.45) is 0 Å². The van der Waals surface area contributed by atoms with E-state index < -0.39 is 5.60 Å². The molecule has 29 heavy (non-hydrogen) atoms. The van der Waals surface area contributed by atoms with Gasteiger partial charge in [-0.1, -0.05) is 78.9 Å². The van der Waals surface area contributed by atoms with Crippen molar-refractivity contribution in [1.29, 1.82) is 0 Å². The van der Waals surface area contributed by atoms with E-state index in [-0.39, 0.29) is 0 Å². The number of hydrogen-bond donors (Lipinski definition) is 0. The summed E-state index contributed by atoms with van der Waals surface area (Å²) in [6.07, 6.45) is 4.46. The van der Waals surface area contributed by atoms with Crippen LogP contribution in [0.25, 0.3) is 26.2 Å². The van der Waals surface area contributed by atoms with Gasteiger partial charge in [0.2, 0.25) is 0 Å². The van der Waals surface area contributed by atoms with Crippen molar-refractivity contribution in [2.75, 3.05) is 0 Å². The van der Waals surface area contributed by atoms with Crippen LogP contribution in [0.15, 0.2) is 103 Å². The predicted molar refractivity (Wildman–Crippen MR) is 123 cm³/mol. The summed E-state index contributed by atoms with van der Waals surface area (Å²) in [5, 5.41) is 2.58. The Morgan fingerprint density at radius 3 is 2.00 bits per heavy atom. The molecule has 0 radical (unpaired) electrons. The molecule has 0 N–H and O–H groups in total. The molecular formula is C27H18OS. The zero-order valence-corrected chi connectivity index (χ0v) is 16.5. The first-order valence-electron chi connectivity index (χ1n) is 9.79. The van der Waals surface area contributed by atoms with Crippen LogP contribution in [0.5, 0.6) is 5.75 Å². The summed E-state index contributed by atoms with van der Waals surface area (Å²) < 4.78 is 9.44. The standard InChI is InChI=1S/C27H18OS/c1-3-9-19(10-4-1)27(20-11-5-2-6-12-20)18-17-21-23(28-27)15-16-25-26(21)22-13-7-8-14-24(22)29-25/h1-18H. The van der Waals surface area contributed by atoms with Crippen molar-refractivity contribution in [1.82, 2.24) is 0 Å². The molecule has 0 spiro atoms. The number of benzene rings is 4. The lowest BCUT2D eigenvalue weighted by atomic mass is 9.83. The first kappa shape index (κ1) is 16.6. The Labute approximate surface area is 173 Å². The molecule has 0 bridgehead atoms. The van der Waals surface area contributed by atoms with Crippen LogP contribution in [0.1, 0.15) is 16.7 Å². The molecule has 0 aliphatic carbocycles. The van der Waals surface area contributed by atoms with E-state index in [9.17, 15) is 0 Å². The summed E-state index contributed by atoms with van der Waals surface area (Å²) in [7, 11) is 0. The van der Waals surface area contributed by atoms with Crippen LogP contribution in [-0.2, 0) is 5.60 Å². The molecule has 1 aliphatic heterocycles. The Balaban J connectivity index is 1.62. The summed E-state index contributed by atoms with van der Waals surface area (Å²) in [5.74, 6) is 0.927. The Kier molecular flexibility index (Phi) is 3.62. The molecule has 138 valence electrons. The van der Waals surface area contributed by atoms with Gasteiger partial charge in [-0.15, -0.1) is 11.3 Å². The number of thiophene rings is 1. The summed E-state index contributed by atoms with van der Waals surface area (Å²) >= 11 is 1.84. The Morgan fingerprint density at radius 1 is 0.621 bits per heavy atom. The summed E-state index contributed by atoms with van der Waals surface area (Å²) in [6, 6.07) is 33.9. The molecule has 2 heteroatoms. The minimum Gasteiger partial charge on any atom is -0.473 e. The van der Waals surface area contributed by atoms with E-state index in [1.165, 1.54) is 25.7 Å². The van der Waals surface area contributed by atoms with E-state index >= 15 is 0 Å². The van der Waals surface area contributed by atoms with Gasteiger partial charge < -0.3 is 4.74 Å². The van der Waals surface area contributed by atoms with Gasteiger partial charge in [0, 0.05) is 36.9 Å². The Hall–Kier alpha value is -3.36. The van der Waals surface area contributed by atoms with Crippen LogP contribution in [0.2, 0.25) is 0 Å². The second-order valence-electron chi connectivity index (χ2n) is 7.35. The van der Waals surface area contributed by atoms with Crippen molar-refractivity contribution in [2.45, 2.75) is 5.60 Å². The lowest BCUT2D eigenvalue weighted by Crippen LogP contribution is -2.34. The minimum absolute atomic E-state index is 0.630. The largest absolute Gasteiger partial charge is 0.473 e. The molecule has 0 unspecified atom stereocenters. The quantitative estimate of drug-likeness (QED) is 0.305. The number of ether oxygens (including phenoxy) is 1. The highest BCUT2D eigenvalue weighted by molar-refractivity contribution is 7.25. The molecule has 2 heterocycles. The van der Waals surface area contributed by atoms with E-state index in [2.05, 4.69) is 97.1 Å². The van der Waals surface area contributed by atoms with Gasteiger partial charge in [0.15, 0.2) is 5.60 Å². The van der Waals surface area contributed by atoms with Crippen molar-refractivity contribution >= 4 is 37.6 Å². The molecule has 4 aromatic carbocycles. The lowest BCUT2D eigenvalue weighted by Gasteiger charge is -2.36. The third-order valence-corrected chi connectivity index (χ3v) is 6.84. The van der Waals surface area contributed by atoms with Crippen LogP contribution in [0.4, 0.5) is 0 Å². The smallest absolute Gasteiger partial charge is 0.178 e. The van der Waals surface area contributed by atoms with E-state index in [0.29, 0.717) is 0 Å². The zero-order chi connectivity index (χ0) is 19.3. The van der Waals surface area contributed by atoms with Gasteiger partial charge in [-0.3, -0.25) is 0 Å². The van der Waals surface area contributed by atoms with Gasteiger partial charge >= 0.3 is 0 Å². The molecular weight excluding hydrogens is 372 g/mol. The second-order valence-corrected chi connectivity index (χ2v) is 8.44. The van der Waals surface area contributed by atoms with Gasteiger partial charge in [0.1, 0.15) is 5.75 Å². The van der Waals surface area contributed by atoms with Gasteiger partial charge in [0.25, 0.3) is 0 Å². The molecule has 5 aromatic rings. The van der Waals surface area contributed by atoms with Crippen LogP contribution in [0.3, 0.4) is 0 Å². The predicted octanol–water partition coefficient (Wildman–Crippen LogP) is 7.40. The van der Waals surface area contributed by atoms with Crippen LogP contribution < -0.4 is 4.74 Å². The number of hydrogen-bond acceptors (Lipinski definition) is 2. The Bertz CT molecular complexity index is 1320. The topological polar surface area (TPSA) is 9.23 Å². The fourth-order valence-electron chi connectivity index (χ4n) is 4.34. The van der Waals surface area contributed by atoms with Crippen molar-refractivity contribution < 1.29 is 4.74 Å². The molecule has 1 nitrogen and oxygen atoms in total. The highest BCUT2D eigenvalue weighted by atomic mass is 32.1. The first-order chi connectivity index (χ1) is 14.4.